The van der Waals surface area contributed by atoms with E-state index in [-0.39, 0.29) is 17.4 Å². The number of rotatable bonds is 4. The molecule has 2 aliphatic rings. The number of ether oxygens (including phenoxy) is 1. The Morgan fingerprint density at radius 3 is 2.83 bits per heavy atom. The Labute approximate surface area is 113 Å². The Morgan fingerprint density at radius 2 is 2.22 bits per heavy atom. The van der Waals surface area contributed by atoms with Crippen molar-refractivity contribution in [2.45, 2.75) is 37.7 Å². The van der Waals surface area contributed by atoms with Crippen molar-refractivity contribution in [3.05, 3.63) is 0 Å². The van der Waals surface area contributed by atoms with Crippen LogP contribution in [0.15, 0.2) is 0 Å². The van der Waals surface area contributed by atoms with E-state index in [1.54, 1.807) is 0 Å². The van der Waals surface area contributed by atoms with Crippen molar-refractivity contribution in [3.8, 4) is 0 Å². The standard InChI is InChI=1S/C13H23NO3S/c14-5-1-11(12(15)16)10-2-6-17-13(9-10)3-7-18-8-4-13/h10-11H,1-9,14H2,(H,15,16). The summed E-state index contributed by atoms with van der Waals surface area (Å²) >= 11 is 1.97. The first-order valence-electron chi connectivity index (χ1n) is 6.81. The maximum Gasteiger partial charge on any atom is 0.306 e. The molecule has 0 aromatic carbocycles. The monoisotopic (exact) mass is 273 g/mol. The Morgan fingerprint density at radius 1 is 1.50 bits per heavy atom. The summed E-state index contributed by atoms with van der Waals surface area (Å²) < 4.78 is 6.01. The molecule has 0 aromatic rings. The summed E-state index contributed by atoms with van der Waals surface area (Å²) in [6.45, 7) is 1.17. The largest absolute Gasteiger partial charge is 0.481 e. The molecule has 2 heterocycles. The summed E-state index contributed by atoms with van der Waals surface area (Å²) in [5, 5.41) is 9.34. The fourth-order valence-corrected chi connectivity index (χ4v) is 4.48. The zero-order valence-electron chi connectivity index (χ0n) is 10.8. The highest BCUT2D eigenvalue weighted by molar-refractivity contribution is 7.99. The van der Waals surface area contributed by atoms with Gasteiger partial charge in [0.05, 0.1) is 11.5 Å². The summed E-state index contributed by atoms with van der Waals surface area (Å²) in [6.07, 6.45) is 4.51. The first kappa shape index (κ1) is 14.2. The van der Waals surface area contributed by atoms with Crippen molar-refractivity contribution in [1.29, 1.82) is 0 Å². The summed E-state index contributed by atoms with van der Waals surface area (Å²) in [6, 6.07) is 0. The molecule has 2 saturated heterocycles. The van der Waals surface area contributed by atoms with Crippen LogP contribution in [-0.4, -0.2) is 41.3 Å². The van der Waals surface area contributed by atoms with Gasteiger partial charge in [-0.15, -0.1) is 0 Å². The highest BCUT2D eigenvalue weighted by atomic mass is 32.2. The molecule has 104 valence electrons. The smallest absolute Gasteiger partial charge is 0.306 e. The zero-order chi connectivity index (χ0) is 13.0. The number of carbonyl (C=O) groups is 1. The van der Waals surface area contributed by atoms with Crippen LogP contribution in [0.25, 0.3) is 0 Å². The minimum atomic E-state index is -0.687. The summed E-state index contributed by atoms with van der Waals surface area (Å²) in [5.41, 5.74) is 5.51. The van der Waals surface area contributed by atoms with Gasteiger partial charge in [0.15, 0.2) is 0 Å². The average molecular weight is 273 g/mol. The van der Waals surface area contributed by atoms with Crippen LogP contribution in [-0.2, 0) is 9.53 Å². The Kier molecular flexibility index (Phi) is 4.92. The molecule has 0 amide bonds. The number of nitrogens with two attached hydrogens (primary N) is 1. The van der Waals surface area contributed by atoms with E-state index in [4.69, 9.17) is 10.5 Å². The molecule has 0 aliphatic carbocycles. The van der Waals surface area contributed by atoms with Gasteiger partial charge in [0, 0.05) is 6.61 Å². The molecule has 2 aliphatic heterocycles. The first-order valence-corrected chi connectivity index (χ1v) is 7.97. The van der Waals surface area contributed by atoms with Crippen molar-refractivity contribution in [3.63, 3.8) is 0 Å². The predicted molar refractivity (Wildman–Crippen MR) is 72.8 cm³/mol. The van der Waals surface area contributed by atoms with Crippen LogP contribution >= 0.6 is 11.8 Å². The van der Waals surface area contributed by atoms with E-state index in [1.165, 1.54) is 0 Å². The number of hydrogen-bond donors (Lipinski definition) is 2. The topological polar surface area (TPSA) is 72.6 Å². The van der Waals surface area contributed by atoms with Crippen LogP contribution in [0.2, 0.25) is 0 Å². The number of aliphatic carboxylic acids is 1. The third-order valence-electron chi connectivity index (χ3n) is 4.30. The molecule has 2 unspecified atom stereocenters. The van der Waals surface area contributed by atoms with E-state index in [2.05, 4.69) is 0 Å². The van der Waals surface area contributed by atoms with E-state index in [1.807, 2.05) is 11.8 Å². The molecule has 0 radical (unpaired) electrons. The van der Waals surface area contributed by atoms with Gasteiger partial charge in [-0.05, 0) is 56.1 Å². The van der Waals surface area contributed by atoms with E-state index in [0.717, 1.165) is 37.2 Å². The van der Waals surface area contributed by atoms with Crippen LogP contribution in [0.4, 0.5) is 0 Å². The molecule has 2 fully saturated rings. The lowest BCUT2D eigenvalue weighted by Gasteiger charge is -2.44. The van der Waals surface area contributed by atoms with Gasteiger partial charge >= 0.3 is 5.97 Å². The second-order valence-corrected chi connectivity index (χ2v) is 6.64. The van der Waals surface area contributed by atoms with Crippen molar-refractivity contribution < 1.29 is 14.6 Å². The quantitative estimate of drug-likeness (QED) is 0.816. The van der Waals surface area contributed by atoms with Crippen molar-refractivity contribution in [2.75, 3.05) is 24.7 Å². The van der Waals surface area contributed by atoms with E-state index in [0.29, 0.717) is 19.6 Å². The van der Waals surface area contributed by atoms with Crippen molar-refractivity contribution in [1.82, 2.24) is 0 Å². The van der Waals surface area contributed by atoms with Gasteiger partial charge in [0.1, 0.15) is 0 Å². The van der Waals surface area contributed by atoms with E-state index in [9.17, 15) is 9.90 Å². The Bertz CT molecular complexity index is 286. The highest BCUT2D eigenvalue weighted by Gasteiger charge is 2.42. The third-order valence-corrected chi connectivity index (χ3v) is 5.28. The zero-order valence-corrected chi connectivity index (χ0v) is 11.6. The fourth-order valence-electron chi connectivity index (χ4n) is 3.24. The third kappa shape index (κ3) is 3.19. The van der Waals surface area contributed by atoms with Crippen molar-refractivity contribution >= 4 is 17.7 Å². The maximum absolute atomic E-state index is 11.4. The van der Waals surface area contributed by atoms with Crippen LogP contribution in [0.5, 0.6) is 0 Å². The molecule has 2 atom stereocenters. The summed E-state index contributed by atoms with van der Waals surface area (Å²) in [5.74, 6) is 1.55. The van der Waals surface area contributed by atoms with Crippen LogP contribution in [0.1, 0.15) is 32.1 Å². The number of hydrogen-bond acceptors (Lipinski definition) is 4. The molecule has 18 heavy (non-hydrogen) atoms. The van der Waals surface area contributed by atoms with Gasteiger partial charge in [-0.2, -0.15) is 11.8 Å². The van der Waals surface area contributed by atoms with Gasteiger partial charge in [-0.25, -0.2) is 0 Å². The lowest BCUT2D eigenvalue weighted by Crippen LogP contribution is -2.45. The van der Waals surface area contributed by atoms with Gasteiger partial charge in [-0.3, -0.25) is 4.79 Å². The molecular weight excluding hydrogens is 250 g/mol. The number of carboxylic acids is 1. The molecule has 0 saturated carbocycles. The SMILES string of the molecule is NCCC(C(=O)O)C1CCOC2(CCSCC2)C1. The molecule has 4 nitrogen and oxygen atoms in total. The highest BCUT2D eigenvalue weighted by Crippen LogP contribution is 2.42. The van der Waals surface area contributed by atoms with Crippen LogP contribution < -0.4 is 5.73 Å². The second-order valence-electron chi connectivity index (χ2n) is 5.42. The number of carboxylic acid groups (broad SMARTS) is 1. The number of thioether (sulfide) groups is 1. The van der Waals surface area contributed by atoms with E-state index < -0.39 is 5.97 Å². The summed E-state index contributed by atoms with van der Waals surface area (Å²) in [4.78, 5) is 11.4. The first-order chi connectivity index (χ1) is 8.67. The van der Waals surface area contributed by atoms with Crippen molar-refractivity contribution in [2.24, 2.45) is 17.6 Å². The molecule has 3 N–H and O–H groups in total. The van der Waals surface area contributed by atoms with Gasteiger partial charge < -0.3 is 15.6 Å². The van der Waals surface area contributed by atoms with Gasteiger partial charge in [-0.1, -0.05) is 0 Å². The minimum absolute atomic E-state index is 0.0313. The lowest BCUT2D eigenvalue weighted by molar-refractivity contribution is -0.151. The Hall–Kier alpha value is -0.260. The summed E-state index contributed by atoms with van der Waals surface area (Å²) in [7, 11) is 0. The molecule has 1 spiro atoms. The minimum Gasteiger partial charge on any atom is -0.481 e. The van der Waals surface area contributed by atoms with Crippen LogP contribution in [0.3, 0.4) is 0 Å². The molecule has 2 rings (SSSR count). The van der Waals surface area contributed by atoms with Gasteiger partial charge in [0.2, 0.25) is 0 Å². The maximum atomic E-state index is 11.4. The molecule has 5 heteroatoms. The fraction of sp³-hybridized carbons (Fsp3) is 0.923. The Balaban J connectivity index is 2.02. The predicted octanol–water partition coefficient (Wildman–Crippen LogP) is 1.73. The van der Waals surface area contributed by atoms with E-state index >= 15 is 0 Å². The molecule has 0 aromatic heterocycles. The average Bonchev–Trinajstić information content (AvgIpc) is 2.36. The lowest BCUT2D eigenvalue weighted by atomic mass is 9.75. The normalized spacial score (nSPS) is 29.1. The second kappa shape index (κ2) is 6.26. The van der Waals surface area contributed by atoms with Gasteiger partial charge in [0.25, 0.3) is 0 Å². The molecular formula is C13H23NO3S. The molecule has 0 bridgehead atoms. The van der Waals surface area contributed by atoms with Crippen LogP contribution in [0, 0.1) is 11.8 Å².